The summed E-state index contributed by atoms with van der Waals surface area (Å²) in [6, 6.07) is 8.41. The van der Waals surface area contributed by atoms with Gasteiger partial charge in [0, 0.05) is 42.6 Å². The van der Waals surface area contributed by atoms with E-state index in [1.165, 1.54) is 7.11 Å². The number of rotatable bonds is 6. The molecule has 12 heteroatoms. The molecule has 43 heavy (non-hydrogen) atoms. The van der Waals surface area contributed by atoms with Gasteiger partial charge in [0.1, 0.15) is 30.2 Å². The number of hydrogen-bond acceptors (Lipinski definition) is 9. The molecule has 0 bridgehead atoms. The van der Waals surface area contributed by atoms with Crippen molar-refractivity contribution in [3.05, 3.63) is 40.7 Å². The Morgan fingerprint density at radius 2 is 2.09 bits per heavy atom. The van der Waals surface area contributed by atoms with Gasteiger partial charge in [-0.1, -0.05) is 23.7 Å². The topological polar surface area (TPSA) is 118 Å². The summed E-state index contributed by atoms with van der Waals surface area (Å²) in [5.74, 6) is -0.801. The second-order valence-corrected chi connectivity index (χ2v) is 12.1. The number of alkyl halides is 1. The fraction of sp³-hybridized carbons (Fsp3) is 0.484. The molecule has 226 valence electrons. The van der Waals surface area contributed by atoms with E-state index in [0.717, 1.165) is 19.4 Å². The number of nitrogens with two attached hydrogens (primary N) is 1. The number of esters is 1. The number of carbonyl (C=O) groups is 1. The first-order chi connectivity index (χ1) is 20.7. The Balaban J connectivity index is 1.45. The van der Waals surface area contributed by atoms with Crippen LogP contribution in [0, 0.1) is 23.1 Å². The summed E-state index contributed by atoms with van der Waals surface area (Å²) in [6.45, 7) is 2.40. The number of nitriles is 1. The Morgan fingerprint density at radius 3 is 2.88 bits per heavy atom. The van der Waals surface area contributed by atoms with Gasteiger partial charge in [-0.25, -0.2) is 8.78 Å². The van der Waals surface area contributed by atoms with Gasteiger partial charge in [0.05, 0.1) is 34.8 Å². The fourth-order valence-electron chi connectivity index (χ4n) is 6.97. The number of halogens is 3. The van der Waals surface area contributed by atoms with Crippen molar-refractivity contribution in [2.45, 2.75) is 50.2 Å². The quantitative estimate of drug-likeness (QED) is 0.294. The number of methoxy groups -OCH3 is 1. The zero-order chi connectivity index (χ0) is 30.3. The van der Waals surface area contributed by atoms with E-state index in [1.54, 1.807) is 24.3 Å². The lowest BCUT2D eigenvalue weighted by molar-refractivity contribution is -0.145. The van der Waals surface area contributed by atoms with E-state index in [-0.39, 0.29) is 57.4 Å². The van der Waals surface area contributed by atoms with Crippen molar-refractivity contribution in [3.63, 3.8) is 0 Å². The highest BCUT2D eigenvalue weighted by atomic mass is 35.5. The molecule has 3 aliphatic heterocycles. The SMILES string of the molecule is COC(=O)C1CCCN(c2nc(OC[C@@]34CCCN3C[C@H](F)C4)nc3c(F)c(-c4cccc(N)c4C#N)c(Cl)cc23)CC1. The zero-order valence-electron chi connectivity index (χ0n) is 23.9. The highest BCUT2D eigenvalue weighted by Crippen LogP contribution is 2.43. The number of anilines is 2. The van der Waals surface area contributed by atoms with Crippen LogP contribution in [0.1, 0.15) is 44.1 Å². The monoisotopic (exact) mass is 610 g/mol. The van der Waals surface area contributed by atoms with Crippen LogP contribution < -0.4 is 15.4 Å². The van der Waals surface area contributed by atoms with E-state index in [1.807, 2.05) is 4.90 Å². The van der Waals surface area contributed by atoms with E-state index < -0.39 is 17.5 Å². The van der Waals surface area contributed by atoms with E-state index in [4.69, 9.17) is 31.8 Å². The minimum Gasteiger partial charge on any atom is -0.469 e. The molecule has 3 atom stereocenters. The van der Waals surface area contributed by atoms with Crippen molar-refractivity contribution in [2.24, 2.45) is 5.92 Å². The van der Waals surface area contributed by atoms with Gasteiger partial charge in [-0.05, 0) is 50.8 Å². The number of carbonyl (C=O) groups excluding carboxylic acids is 1. The molecule has 6 rings (SSSR count). The molecule has 2 N–H and O–H groups in total. The van der Waals surface area contributed by atoms with Crippen LogP contribution in [0.15, 0.2) is 24.3 Å². The molecule has 1 unspecified atom stereocenters. The van der Waals surface area contributed by atoms with E-state index in [0.29, 0.717) is 56.5 Å². The number of nitrogen functional groups attached to an aromatic ring is 1. The van der Waals surface area contributed by atoms with Gasteiger partial charge in [-0.3, -0.25) is 9.69 Å². The van der Waals surface area contributed by atoms with Crippen molar-refractivity contribution >= 4 is 40.0 Å². The molecule has 2 aromatic carbocycles. The van der Waals surface area contributed by atoms with E-state index in [2.05, 4.69) is 16.0 Å². The Bertz CT molecular complexity index is 1620. The summed E-state index contributed by atoms with van der Waals surface area (Å²) in [5.41, 5.74) is 6.14. The third kappa shape index (κ3) is 5.31. The molecule has 1 aromatic heterocycles. The van der Waals surface area contributed by atoms with Crippen molar-refractivity contribution in [2.75, 3.05) is 50.5 Å². The van der Waals surface area contributed by atoms with Crippen LogP contribution >= 0.6 is 11.6 Å². The van der Waals surface area contributed by atoms with Crippen molar-refractivity contribution in [1.29, 1.82) is 5.26 Å². The van der Waals surface area contributed by atoms with Crippen LogP contribution in [0.25, 0.3) is 22.0 Å². The van der Waals surface area contributed by atoms with Gasteiger partial charge in [-0.15, -0.1) is 0 Å². The second kappa shape index (κ2) is 11.7. The molecule has 3 aromatic rings. The standard InChI is InChI=1S/C31H33ClF2N6O3/c1-42-29(41)18-5-3-10-39(12-8-18)28-21-13-23(32)25(20-6-2-7-24(36)22(20)15-35)26(34)27(21)37-30(38-28)43-17-31-9-4-11-40(31)16-19(33)14-31/h2,6-7,13,18-19H,3-5,8-12,14,16-17,36H2,1H3/t18?,19-,31+/m1/s1. The molecule has 0 amide bonds. The Labute approximate surface area is 253 Å². The van der Waals surface area contributed by atoms with Crippen molar-refractivity contribution < 1.29 is 23.0 Å². The van der Waals surface area contributed by atoms with Gasteiger partial charge in [0.25, 0.3) is 0 Å². The smallest absolute Gasteiger partial charge is 0.319 e. The molecular formula is C31H33ClF2N6O3. The zero-order valence-corrected chi connectivity index (χ0v) is 24.7. The molecule has 3 aliphatic rings. The maximum Gasteiger partial charge on any atom is 0.319 e. The van der Waals surface area contributed by atoms with Crippen LogP contribution in [0.5, 0.6) is 6.01 Å². The summed E-state index contributed by atoms with van der Waals surface area (Å²) >= 11 is 6.71. The Morgan fingerprint density at radius 1 is 1.26 bits per heavy atom. The number of benzene rings is 2. The number of nitrogens with zero attached hydrogens (tertiary/aromatic N) is 5. The van der Waals surface area contributed by atoms with Crippen molar-refractivity contribution in [1.82, 2.24) is 14.9 Å². The predicted octanol–water partition coefficient (Wildman–Crippen LogP) is 5.28. The lowest BCUT2D eigenvalue weighted by Crippen LogP contribution is -2.43. The summed E-state index contributed by atoms with van der Waals surface area (Å²) < 4.78 is 42.1. The summed E-state index contributed by atoms with van der Waals surface area (Å²) in [7, 11) is 1.38. The average Bonchev–Trinajstić information content (AvgIpc) is 3.40. The van der Waals surface area contributed by atoms with Crippen LogP contribution in [0.2, 0.25) is 5.02 Å². The van der Waals surface area contributed by atoms with Crippen LogP contribution in [0.3, 0.4) is 0 Å². The largest absolute Gasteiger partial charge is 0.469 e. The average molecular weight is 611 g/mol. The molecular weight excluding hydrogens is 578 g/mol. The number of fused-ring (bicyclic) bond motifs is 2. The molecule has 0 saturated carbocycles. The van der Waals surface area contributed by atoms with E-state index >= 15 is 4.39 Å². The van der Waals surface area contributed by atoms with Crippen LogP contribution in [0.4, 0.5) is 20.3 Å². The molecule has 0 spiro atoms. The summed E-state index contributed by atoms with van der Waals surface area (Å²) in [4.78, 5) is 25.7. The highest BCUT2D eigenvalue weighted by Gasteiger charge is 2.49. The lowest BCUT2D eigenvalue weighted by atomic mass is 9.95. The third-order valence-electron chi connectivity index (χ3n) is 9.11. The van der Waals surface area contributed by atoms with Crippen LogP contribution in [-0.4, -0.2) is 72.4 Å². The molecule has 0 aliphatic carbocycles. The first kappa shape index (κ1) is 29.3. The van der Waals surface area contributed by atoms with Gasteiger partial charge in [-0.2, -0.15) is 15.2 Å². The van der Waals surface area contributed by atoms with Crippen LogP contribution in [-0.2, 0) is 9.53 Å². The molecule has 9 nitrogen and oxygen atoms in total. The summed E-state index contributed by atoms with van der Waals surface area (Å²) in [6.07, 6.45) is 3.08. The van der Waals surface area contributed by atoms with Gasteiger partial charge < -0.3 is 20.1 Å². The molecule has 3 fully saturated rings. The third-order valence-corrected chi connectivity index (χ3v) is 9.41. The van der Waals surface area contributed by atoms with E-state index in [9.17, 15) is 14.4 Å². The fourth-order valence-corrected chi connectivity index (χ4v) is 7.27. The minimum absolute atomic E-state index is 0.00636. The maximum atomic E-state index is 16.6. The van der Waals surface area contributed by atoms with Gasteiger partial charge >= 0.3 is 12.0 Å². The maximum absolute atomic E-state index is 16.6. The number of aromatic nitrogens is 2. The predicted molar refractivity (Wildman–Crippen MR) is 159 cm³/mol. The lowest BCUT2D eigenvalue weighted by Gasteiger charge is -2.31. The first-order valence-corrected chi connectivity index (χ1v) is 15.0. The Hall–Kier alpha value is -3.75. The van der Waals surface area contributed by atoms with Crippen molar-refractivity contribution in [3.8, 4) is 23.2 Å². The summed E-state index contributed by atoms with van der Waals surface area (Å²) in [5, 5.41) is 10.2. The number of ether oxygens (including phenoxy) is 2. The minimum atomic E-state index is -0.924. The molecule has 4 heterocycles. The van der Waals surface area contributed by atoms with Gasteiger partial charge in [0.2, 0.25) is 0 Å². The Kier molecular flexibility index (Phi) is 8.00. The first-order valence-electron chi connectivity index (χ1n) is 14.6. The highest BCUT2D eigenvalue weighted by molar-refractivity contribution is 6.34. The molecule has 3 saturated heterocycles. The normalized spacial score (nSPS) is 24.0. The van der Waals surface area contributed by atoms with Gasteiger partial charge in [0.15, 0.2) is 5.82 Å². The molecule has 0 radical (unpaired) electrons. The second-order valence-electron chi connectivity index (χ2n) is 11.7. The number of hydrogen-bond donors (Lipinski definition) is 1.